The summed E-state index contributed by atoms with van der Waals surface area (Å²) in [6.07, 6.45) is 3.76. The normalized spacial score (nSPS) is 22.3. The topological polar surface area (TPSA) is 74.3 Å². The third kappa shape index (κ3) is 4.72. The maximum Gasteiger partial charge on any atom is 0.279 e. The fourth-order valence-electron chi connectivity index (χ4n) is 2.59. The molecule has 1 aromatic rings. The highest BCUT2D eigenvalue weighted by molar-refractivity contribution is 7.87. The molecule has 0 aliphatic carbocycles. The van der Waals surface area contributed by atoms with Gasteiger partial charge in [-0.15, -0.1) is 11.3 Å². The van der Waals surface area contributed by atoms with Gasteiger partial charge in [0.2, 0.25) is 0 Å². The first-order valence-electron chi connectivity index (χ1n) is 7.31. The van der Waals surface area contributed by atoms with Crippen molar-refractivity contribution in [3.63, 3.8) is 0 Å². The Hall–Kier alpha value is -0.540. The molecule has 2 N–H and O–H groups in total. The summed E-state index contributed by atoms with van der Waals surface area (Å²) < 4.78 is 29.1. The minimum atomic E-state index is -3.39. The number of thiazole rings is 1. The highest BCUT2D eigenvalue weighted by Crippen LogP contribution is 2.20. The summed E-state index contributed by atoms with van der Waals surface area (Å²) in [6, 6.07) is 0. The van der Waals surface area contributed by atoms with Gasteiger partial charge in [0.25, 0.3) is 10.2 Å². The zero-order valence-electron chi connectivity index (χ0n) is 12.6. The molecule has 8 heteroatoms. The molecule has 0 aromatic carbocycles. The second-order valence-corrected chi connectivity index (χ2v) is 8.23. The van der Waals surface area contributed by atoms with E-state index in [1.807, 2.05) is 19.4 Å². The zero-order chi connectivity index (χ0) is 15.3. The molecule has 120 valence electrons. The largest absolute Gasteiger partial charge is 0.319 e. The van der Waals surface area contributed by atoms with E-state index in [4.69, 9.17) is 0 Å². The van der Waals surface area contributed by atoms with Crippen LogP contribution in [0.1, 0.15) is 30.7 Å². The Kier molecular flexibility index (Phi) is 6.12. The molecular weight excluding hydrogens is 308 g/mol. The quantitative estimate of drug-likeness (QED) is 0.781. The van der Waals surface area contributed by atoms with E-state index in [-0.39, 0.29) is 5.92 Å². The van der Waals surface area contributed by atoms with Crippen molar-refractivity contribution < 1.29 is 8.42 Å². The minimum absolute atomic E-state index is 0.0951. The first kappa shape index (κ1) is 16.8. The molecule has 2 atom stereocenters. The standard InChI is InChI=1S/C13H24N4O2S2/c1-11(13-15-5-7-20-13)8-16-21(18,19)17-6-3-4-12(10-17)9-14-2/h5,7,11-12,14,16H,3-4,6,8-10H2,1-2H3. The first-order chi connectivity index (χ1) is 10.0. The van der Waals surface area contributed by atoms with Crippen LogP contribution in [0.15, 0.2) is 11.6 Å². The van der Waals surface area contributed by atoms with Crippen molar-refractivity contribution in [1.29, 1.82) is 0 Å². The van der Waals surface area contributed by atoms with E-state index >= 15 is 0 Å². The maximum atomic E-state index is 12.4. The van der Waals surface area contributed by atoms with Crippen molar-refractivity contribution >= 4 is 21.5 Å². The van der Waals surface area contributed by atoms with Gasteiger partial charge in [-0.1, -0.05) is 6.92 Å². The predicted molar refractivity (Wildman–Crippen MR) is 85.7 cm³/mol. The molecule has 0 amide bonds. The van der Waals surface area contributed by atoms with Gasteiger partial charge >= 0.3 is 0 Å². The number of piperidine rings is 1. The Morgan fingerprint density at radius 2 is 2.38 bits per heavy atom. The second-order valence-electron chi connectivity index (χ2n) is 5.55. The summed E-state index contributed by atoms with van der Waals surface area (Å²) in [7, 11) is -1.48. The summed E-state index contributed by atoms with van der Waals surface area (Å²) in [6.45, 7) is 4.45. The van der Waals surface area contributed by atoms with Crippen LogP contribution in [0, 0.1) is 5.92 Å². The van der Waals surface area contributed by atoms with Crippen LogP contribution >= 0.6 is 11.3 Å². The Morgan fingerprint density at radius 1 is 1.57 bits per heavy atom. The van der Waals surface area contributed by atoms with E-state index in [0.717, 1.165) is 24.4 Å². The van der Waals surface area contributed by atoms with Crippen molar-refractivity contribution in [2.75, 3.05) is 33.2 Å². The van der Waals surface area contributed by atoms with Crippen LogP contribution in [0.25, 0.3) is 0 Å². The smallest absolute Gasteiger partial charge is 0.279 e. The minimum Gasteiger partial charge on any atom is -0.319 e. The monoisotopic (exact) mass is 332 g/mol. The molecule has 2 rings (SSSR count). The molecule has 6 nitrogen and oxygen atoms in total. The molecule has 0 bridgehead atoms. The third-order valence-corrected chi connectivity index (χ3v) is 6.31. The van der Waals surface area contributed by atoms with Crippen LogP contribution in [-0.2, 0) is 10.2 Å². The van der Waals surface area contributed by atoms with Crippen LogP contribution in [0.3, 0.4) is 0 Å². The van der Waals surface area contributed by atoms with Crippen molar-refractivity contribution in [2.24, 2.45) is 5.92 Å². The molecule has 1 aliphatic rings. The van der Waals surface area contributed by atoms with E-state index in [1.165, 1.54) is 0 Å². The van der Waals surface area contributed by atoms with Crippen LogP contribution in [0.4, 0.5) is 0 Å². The Balaban J connectivity index is 1.89. The lowest BCUT2D eigenvalue weighted by molar-refractivity contribution is 0.260. The maximum absolute atomic E-state index is 12.4. The number of hydrogen-bond donors (Lipinski definition) is 2. The van der Waals surface area contributed by atoms with Gasteiger partial charge in [0.1, 0.15) is 0 Å². The van der Waals surface area contributed by atoms with Gasteiger partial charge in [-0.05, 0) is 32.4 Å². The number of nitrogens with one attached hydrogen (secondary N) is 2. The summed E-state index contributed by atoms with van der Waals surface area (Å²) in [5.41, 5.74) is 0. The van der Waals surface area contributed by atoms with Crippen molar-refractivity contribution in [3.8, 4) is 0 Å². The van der Waals surface area contributed by atoms with E-state index in [0.29, 0.717) is 25.6 Å². The molecule has 1 saturated heterocycles. The van der Waals surface area contributed by atoms with Crippen LogP contribution < -0.4 is 10.0 Å². The summed E-state index contributed by atoms with van der Waals surface area (Å²) in [4.78, 5) is 4.23. The molecule has 1 fully saturated rings. The lowest BCUT2D eigenvalue weighted by Gasteiger charge is -2.32. The molecule has 0 spiro atoms. The second kappa shape index (κ2) is 7.64. The van der Waals surface area contributed by atoms with Crippen molar-refractivity contribution in [1.82, 2.24) is 19.3 Å². The summed E-state index contributed by atoms with van der Waals surface area (Å²) in [5.74, 6) is 0.495. The molecule has 21 heavy (non-hydrogen) atoms. The fraction of sp³-hybridized carbons (Fsp3) is 0.769. The van der Waals surface area contributed by atoms with Gasteiger partial charge < -0.3 is 5.32 Å². The molecule has 0 radical (unpaired) electrons. The Morgan fingerprint density at radius 3 is 3.05 bits per heavy atom. The van der Waals surface area contributed by atoms with E-state index in [9.17, 15) is 8.42 Å². The Bertz CT molecular complexity index is 516. The fourth-order valence-corrected chi connectivity index (χ4v) is 4.71. The van der Waals surface area contributed by atoms with Gasteiger partial charge in [0.05, 0.1) is 5.01 Å². The SMILES string of the molecule is CNCC1CCCN(S(=O)(=O)NCC(C)c2nccs2)C1. The van der Waals surface area contributed by atoms with Gasteiger partial charge in [-0.3, -0.25) is 0 Å². The van der Waals surface area contributed by atoms with Crippen LogP contribution in [0.2, 0.25) is 0 Å². The average molecular weight is 332 g/mol. The molecule has 1 aliphatic heterocycles. The van der Waals surface area contributed by atoms with Crippen molar-refractivity contribution in [2.45, 2.75) is 25.7 Å². The zero-order valence-corrected chi connectivity index (χ0v) is 14.2. The van der Waals surface area contributed by atoms with Crippen LogP contribution in [-0.4, -0.2) is 50.9 Å². The number of rotatable bonds is 7. The molecule has 0 saturated carbocycles. The van der Waals surface area contributed by atoms with E-state index in [1.54, 1.807) is 21.8 Å². The highest BCUT2D eigenvalue weighted by atomic mass is 32.2. The van der Waals surface area contributed by atoms with Gasteiger partial charge in [0, 0.05) is 37.1 Å². The lowest BCUT2D eigenvalue weighted by atomic mass is 10.00. The number of nitrogens with zero attached hydrogens (tertiary/aromatic N) is 2. The highest BCUT2D eigenvalue weighted by Gasteiger charge is 2.28. The molecular formula is C13H24N4O2S2. The summed E-state index contributed by atoms with van der Waals surface area (Å²) in [5, 5.41) is 6.00. The van der Waals surface area contributed by atoms with Crippen LogP contribution in [0.5, 0.6) is 0 Å². The molecule has 2 heterocycles. The van der Waals surface area contributed by atoms with Crippen molar-refractivity contribution in [3.05, 3.63) is 16.6 Å². The van der Waals surface area contributed by atoms with Gasteiger partial charge in [-0.2, -0.15) is 12.7 Å². The first-order valence-corrected chi connectivity index (χ1v) is 9.63. The van der Waals surface area contributed by atoms with Gasteiger partial charge in [0.15, 0.2) is 0 Å². The number of hydrogen-bond acceptors (Lipinski definition) is 5. The molecule has 2 unspecified atom stereocenters. The summed E-state index contributed by atoms with van der Waals surface area (Å²) >= 11 is 1.56. The predicted octanol–water partition coefficient (Wildman–Crippen LogP) is 1.01. The molecule has 1 aromatic heterocycles. The third-order valence-electron chi connectivity index (χ3n) is 3.76. The van der Waals surface area contributed by atoms with E-state index in [2.05, 4.69) is 15.0 Å². The van der Waals surface area contributed by atoms with Gasteiger partial charge in [-0.25, -0.2) is 9.71 Å². The lowest BCUT2D eigenvalue weighted by Crippen LogP contribution is -2.48. The van der Waals surface area contributed by atoms with E-state index < -0.39 is 10.2 Å². The average Bonchev–Trinajstić information content (AvgIpc) is 3.00. The number of aromatic nitrogens is 1. The Labute approximate surface area is 131 Å².